The average molecular weight is 194 g/mol. The van der Waals surface area contributed by atoms with E-state index in [0.29, 0.717) is 6.54 Å². The molecule has 0 aromatic heterocycles. The first-order valence-corrected chi connectivity index (χ1v) is 4.77. The van der Waals surface area contributed by atoms with Crippen LogP contribution in [0.3, 0.4) is 0 Å². The Bertz CT molecular complexity index is 276. The molecule has 0 fully saturated rings. The Kier molecular flexibility index (Phi) is 4.43. The van der Waals surface area contributed by atoms with Gasteiger partial charge in [-0.15, -0.1) is 0 Å². The Balaban J connectivity index is 2.64. The highest BCUT2D eigenvalue weighted by Crippen LogP contribution is 2.13. The minimum atomic E-state index is 0.589. The van der Waals surface area contributed by atoms with Gasteiger partial charge < -0.3 is 15.4 Å². The van der Waals surface area contributed by atoms with Gasteiger partial charge in [0, 0.05) is 32.9 Å². The molecule has 0 heterocycles. The molecular formula is C11H18N2O. The van der Waals surface area contributed by atoms with Gasteiger partial charge in [-0.25, -0.2) is 0 Å². The number of likely N-dealkylation sites (N-methyl/N-ethyl adjacent to an activating group) is 1. The van der Waals surface area contributed by atoms with Crippen LogP contribution in [-0.4, -0.2) is 27.3 Å². The molecule has 1 aromatic rings. The average Bonchev–Trinajstić information content (AvgIpc) is 2.26. The summed E-state index contributed by atoms with van der Waals surface area (Å²) in [6, 6.07) is 8.25. The molecule has 0 atom stereocenters. The Morgan fingerprint density at radius 3 is 2.86 bits per heavy atom. The maximum absolute atomic E-state index is 5.58. The first kappa shape index (κ1) is 11.0. The van der Waals surface area contributed by atoms with Crippen molar-refractivity contribution in [3.63, 3.8) is 0 Å². The summed E-state index contributed by atoms with van der Waals surface area (Å²) < 4.78 is 5.02. The number of benzene rings is 1. The number of nitrogens with zero attached hydrogens (tertiary/aromatic N) is 1. The topological polar surface area (TPSA) is 38.5 Å². The zero-order valence-electron chi connectivity index (χ0n) is 8.86. The predicted octanol–water partition coefficient (Wildman–Crippen LogP) is 1.23. The zero-order chi connectivity index (χ0) is 10.4. The van der Waals surface area contributed by atoms with Crippen LogP contribution in [0.2, 0.25) is 0 Å². The van der Waals surface area contributed by atoms with E-state index in [9.17, 15) is 0 Å². The van der Waals surface area contributed by atoms with E-state index >= 15 is 0 Å². The number of ether oxygens (including phenoxy) is 1. The molecule has 2 N–H and O–H groups in total. The van der Waals surface area contributed by atoms with Gasteiger partial charge in [-0.3, -0.25) is 0 Å². The second kappa shape index (κ2) is 5.62. The molecule has 0 unspecified atom stereocenters. The highest BCUT2D eigenvalue weighted by atomic mass is 16.5. The van der Waals surface area contributed by atoms with Crippen molar-refractivity contribution in [1.82, 2.24) is 0 Å². The maximum Gasteiger partial charge on any atom is 0.0637 e. The molecule has 0 radical (unpaired) electrons. The van der Waals surface area contributed by atoms with Crippen LogP contribution in [0.5, 0.6) is 0 Å². The number of hydrogen-bond acceptors (Lipinski definition) is 3. The number of rotatable bonds is 5. The molecule has 14 heavy (non-hydrogen) atoms. The molecule has 1 aromatic carbocycles. The van der Waals surface area contributed by atoms with Gasteiger partial charge in [0.05, 0.1) is 6.61 Å². The third kappa shape index (κ3) is 3.01. The third-order valence-corrected chi connectivity index (χ3v) is 2.22. The van der Waals surface area contributed by atoms with Crippen molar-refractivity contribution in [2.45, 2.75) is 6.54 Å². The van der Waals surface area contributed by atoms with Crippen molar-refractivity contribution >= 4 is 5.69 Å². The lowest BCUT2D eigenvalue weighted by Crippen LogP contribution is -2.22. The Hall–Kier alpha value is -1.06. The quantitative estimate of drug-likeness (QED) is 0.766. The lowest BCUT2D eigenvalue weighted by Gasteiger charge is -2.19. The molecule has 3 nitrogen and oxygen atoms in total. The minimum absolute atomic E-state index is 0.589. The zero-order valence-corrected chi connectivity index (χ0v) is 8.86. The highest BCUT2D eigenvalue weighted by Gasteiger charge is 2.00. The van der Waals surface area contributed by atoms with Crippen molar-refractivity contribution in [3.05, 3.63) is 29.8 Å². The molecule has 0 saturated carbocycles. The largest absolute Gasteiger partial charge is 0.383 e. The van der Waals surface area contributed by atoms with Crippen molar-refractivity contribution in [2.24, 2.45) is 5.73 Å². The molecular weight excluding hydrogens is 176 g/mol. The second-order valence-electron chi connectivity index (χ2n) is 3.29. The second-order valence-corrected chi connectivity index (χ2v) is 3.29. The number of methoxy groups -OCH3 is 1. The molecule has 3 heteroatoms. The van der Waals surface area contributed by atoms with E-state index in [4.69, 9.17) is 10.5 Å². The van der Waals surface area contributed by atoms with Crippen LogP contribution < -0.4 is 10.6 Å². The van der Waals surface area contributed by atoms with Crippen LogP contribution in [0.25, 0.3) is 0 Å². The van der Waals surface area contributed by atoms with Gasteiger partial charge in [-0.1, -0.05) is 12.1 Å². The maximum atomic E-state index is 5.58. The van der Waals surface area contributed by atoms with Crippen molar-refractivity contribution in [3.8, 4) is 0 Å². The van der Waals surface area contributed by atoms with Gasteiger partial charge in [0.1, 0.15) is 0 Å². The molecule has 0 spiro atoms. The summed E-state index contributed by atoms with van der Waals surface area (Å²) in [6.07, 6.45) is 0. The smallest absolute Gasteiger partial charge is 0.0637 e. The molecule has 0 amide bonds. The number of hydrogen-bond donors (Lipinski definition) is 1. The van der Waals surface area contributed by atoms with Crippen LogP contribution in [0.15, 0.2) is 24.3 Å². The molecule has 1 rings (SSSR count). The SMILES string of the molecule is COCCN(C)c1cccc(CN)c1. The monoisotopic (exact) mass is 194 g/mol. The van der Waals surface area contributed by atoms with E-state index in [1.165, 1.54) is 5.69 Å². The Morgan fingerprint density at radius 2 is 2.21 bits per heavy atom. The molecule has 0 aliphatic carbocycles. The summed E-state index contributed by atoms with van der Waals surface area (Å²) >= 11 is 0. The van der Waals surface area contributed by atoms with Gasteiger partial charge in [0.15, 0.2) is 0 Å². The van der Waals surface area contributed by atoms with Crippen LogP contribution in [0, 0.1) is 0 Å². The van der Waals surface area contributed by atoms with Gasteiger partial charge >= 0.3 is 0 Å². The summed E-state index contributed by atoms with van der Waals surface area (Å²) in [5.74, 6) is 0. The first-order valence-electron chi connectivity index (χ1n) is 4.77. The van der Waals surface area contributed by atoms with Gasteiger partial charge in [-0.05, 0) is 17.7 Å². The standard InChI is InChI=1S/C11H18N2O/c1-13(6-7-14-2)11-5-3-4-10(8-11)9-12/h3-5,8H,6-7,9,12H2,1-2H3. The number of nitrogens with two attached hydrogens (primary N) is 1. The minimum Gasteiger partial charge on any atom is -0.383 e. The predicted molar refractivity (Wildman–Crippen MR) is 59.5 cm³/mol. The lowest BCUT2D eigenvalue weighted by atomic mass is 10.2. The molecule has 0 bridgehead atoms. The third-order valence-electron chi connectivity index (χ3n) is 2.22. The van der Waals surface area contributed by atoms with Crippen LogP contribution in [-0.2, 0) is 11.3 Å². The van der Waals surface area contributed by atoms with Crippen molar-refractivity contribution in [2.75, 3.05) is 32.2 Å². The summed E-state index contributed by atoms with van der Waals surface area (Å²) in [5.41, 5.74) is 7.92. The van der Waals surface area contributed by atoms with Crippen LogP contribution >= 0.6 is 0 Å². The van der Waals surface area contributed by atoms with Gasteiger partial charge in [0.25, 0.3) is 0 Å². The van der Waals surface area contributed by atoms with E-state index in [2.05, 4.69) is 24.1 Å². The van der Waals surface area contributed by atoms with Gasteiger partial charge in [0.2, 0.25) is 0 Å². The summed E-state index contributed by atoms with van der Waals surface area (Å²) in [7, 11) is 3.76. The van der Waals surface area contributed by atoms with E-state index in [0.717, 1.165) is 18.7 Å². The van der Waals surface area contributed by atoms with Gasteiger partial charge in [-0.2, -0.15) is 0 Å². The highest BCUT2D eigenvalue weighted by molar-refractivity contribution is 5.47. The fourth-order valence-corrected chi connectivity index (χ4v) is 1.28. The van der Waals surface area contributed by atoms with E-state index in [1.807, 2.05) is 12.1 Å². The normalized spacial score (nSPS) is 10.2. The van der Waals surface area contributed by atoms with Crippen LogP contribution in [0.4, 0.5) is 5.69 Å². The number of anilines is 1. The van der Waals surface area contributed by atoms with Crippen LogP contribution in [0.1, 0.15) is 5.56 Å². The van der Waals surface area contributed by atoms with E-state index in [1.54, 1.807) is 7.11 Å². The summed E-state index contributed by atoms with van der Waals surface area (Å²) in [5, 5.41) is 0. The van der Waals surface area contributed by atoms with E-state index < -0.39 is 0 Å². The molecule has 0 aliphatic heterocycles. The Morgan fingerprint density at radius 1 is 1.43 bits per heavy atom. The van der Waals surface area contributed by atoms with E-state index in [-0.39, 0.29) is 0 Å². The Labute approximate surface area is 85.5 Å². The fourth-order valence-electron chi connectivity index (χ4n) is 1.28. The summed E-state index contributed by atoms with van der Waals surface area (Å²) in [4.78, 5) is 2.16. The first-order chi connectivity index (χ1) is 6.77. The van der Waals surface area contributed by atoms with Crippen molar-refractivity contribution in [1.29, 1.82) is 0 Å². The fraction of sp³-hybridized carbons (Fsp3) is 0.455. The van der Waals surface area contributed by atoms with Crippen molar-refractivity contribution < 1.29 is 4.74 Å². The lowest BCUT2D eigenvalue weighted by molar-refractivity contribution is 0.206. The summed E-state index contributed by atoms with van der Waals surface area (Å²) in [6.45, 7) is 2.22. The molecule has 78 valence electrons. The molecule has 0 aliphatic rings. The molecule has 0 saturated heterocycles.